The zero-order valence-electron chi connectivity index (χ0n) is 12.1. The number of ether oxygens (including phenoxy) is 1. The Morgan fingerprint density at radius 2 is 2.10 bits per heavy atom. The lowest BCUT2D eigenvalue weighted by Gasteiger charge is -2.08. The van der Waals surface area contributed by atoms with E-state index in [1.165, 1.54) is 6.07 Å². The largest absolute Gasteiger partial charge is 0.497 e. The Hall–Kier alpha value is -2.56. The van der Waals surface area contributed by atoms with Crippen LogP contribution in [0.4, 0.5) is 5.69 Å². The third kappa shape index (κ3) is 3.95. The molecule has 1 N–H and O–H groups in total. The molecule has 1 heterocycles. The maximum absolute atomic E-state index is 12.0. The van der Waals surface area contributed by atoms with E-state index in [4.69, 9.17) is 4.74 Å². The van der Waals surface area contributed by atoms with Gasteiger partial charge >= 0.3 is 0 Å². The predicted molar refractivity (Wildman–Crippen MR) is 81.7 cm³/mol. The number of amides is 1. The quantitative estimate of drug-likeness (QED) is 0.915. The molecule has 2 aromatic rings. The monoisotopic (exact) mass is 286 g/mol. The van der Waals surface area contributed by atoms with Gasteiger partial charge in [0.2, 0.25) is 5.91 Å². The fourth-order valence-electron chi connectivity index (χ4n) is 2.03. The molecule has 0 unspecified atom stereocenters. The van der Waals surface area contributed by atoms with Gasteiger partial charge in [0.25, 0.3) is 5.56 Å². The number of benzene rings is 1. The van der Waals surface area contributed by atoms with Crippen molar-refractivity contribution in [2.45, 2.75) is 19.9 Å². The number of nitrogens with one attached hydrogen (secondary N) is 1. The molecule has 5 heteroatoms. The Morgan fingerprint density at radius 1 is 1.29 bits per heavy atom. The molecule has 0 fully saturated rings. The van der Waals surface area contributed by atoms with Gasteiger partial charge in [-0.1, -0.05) is 12.1 Å². The first-order valence-electron chi connectivity index (χ1n) is 6.75. The van der Waals surface area contributed by atoms with Crippen molar-refractivity contribution in [3.63, 3.8) is 0 Å². The highest BCUT2D eigenvalue weighted by Crippen LogP contribution is 2.13. The highest BCUT2D eigenvalue weighted by atomic mass is 16.5. The number of rotatable bonds is 5. The molecule has 0 saturated heterocycles. The summed E-state index contributed by atoms with van der Waals surface area (Å²) in [5, 5.41) is 2.79. The summed E-state index contributed by atoms with van der Waals surface area (Å²) in [6, 6.07) is 10.4. The Morgan fingerprint density at radius 3 is 2.81 bits per heavy atom. The minimum absolute atomic E-state index is 0.0803. The number of aryl methyl sites for hydroxylation is 1. The van der Waals surface area contributed by atoms with E-state index in [2.05, 4.69) is 5.32 Å². The van der Waals surface area contributed by atoms with Gasteiger partial charge in [-0.3, -0.25) is 9.59 Å². The van der Waals surface area contributed by atoms with E-state index >= 15 is 0 Å². The molecule has 0 atom stereocenters. The number of hydrogen-bond donors (Lipinski definition) is 1. The maximum atomic E-state index is 12.0. The van der Waals surface area contributed by atoms with Crippen molar-refractivity contribution in [1.82, 2.24) is 4.57 Å². The van der Waals surface area contributed by atoms with Crippen molar-refractivity contribution in [2.24, 2.45) is 0 Å². The number of nitrogens with zero attached hydrogens (tertiary/aromatic N) is 1. The predicted octanol–water partition coefficient (Wildman–Crippen LogP) is 2.06. The molecule has 0 radical (unpaired) electrons. The van der Waals surface area contributed by atoms with Crippen molar-refractivity contribution in [3.8, 4) is 5.75 Å². The molecule has 0 spiro atoms. The van der Waals surface area contributed by atoms with Crippen LogP contribution in [-0.4, -0.2) is 17.6 Å². The summed E-state index contributed by atoms with van der Waals surface area (Å²) in [6.45, 7) is 2.45. The molecule has 1 aromatic carbocycles. The highest BCUT2D eigenvalue weighted by molar-refractivity contribution is 5.92. The fraction of sp³-hybridized carbons (Fsp3) is 0.250. The zero-order valence-corrected chi connectivity index (χ0v) is 12.1. The van der Waals surface area contributed by atoms with Crippen molar-refractivity contribution in [1.29, 1.82) is 0 Å². The second-order valence-electron chi connectivity index (χ2n) is 4.62. The summed E-state index contributed by atoms with van der Waals surface area (Å²) in [4.78, 5) is 23.5. The molecule has 1 aromatic heterocycles. The molecule has 2 rings (SSSR count). The number of anilines is 1. The summed E-state index contributed by atoms with van der Waals surface area (Å²) in [5.74, 6) is 0.587. The van der Waals surface area contributed by atoms with Crippen LogP contribution in [0, 0.1) is 0 Å². The Balaban J connectivity index is 2.06. The second kappa shape index (κ2) is 6.74. The first kappa shape index (κ1) is 14.8. The topological polar surface area (TPSA) is 60.3 Å². The van der Waals surface area contributed by atoms with E-state index in [0.29, 0.717) is 12.2 Å². The molecular weight excluding hydrogens is 268 g/mol. The van der Waals surface area contributed by atoms with Crippen LogP contribution in [0.3, 0.4) is 0 Å². The van der Waals surface area contributed by atoms with Crippen LogP contribution in [0.25, 0.3) is 0 Å². The van der Waals surface area contributed by atoms with Crippen LogP contribution in [0.2, 0.25) is 0 Å². The molecule has 110 valence electrons. The minimum atomic E-state index is -0.135. The third-order valence-corrected chi connectivity index (χ3v) is 3.11. The molecule has 5 nitrogen and oxygen atoms in total. The van der Waals surface area contributed by atoms with Crippen LogP contribution < -0.4 is 15.6 Å². The van der Waals surface area contributed by atoms with Crippen LogP contribution in [-0.2, 0) is 17.8 Å². The van der Waals surface area contributed by atoms with Crippen molar-refractivity contribution in [2.75, 3.05) is 12.4 Å². The van der Waals surface area contributed by atoms with Crippen LogP contribution >= 0.6 is 0 Å². The van der Waals surface area contributed by atoms with Crippen molar-refractivity contribution in [3.05, 3.63) is 58.5 Å². The second-order valence-corrected chi connectivity index (χ2v) is 4.62. The Bertz CT molecular complexity index is 692. The van der Waals surface area contributed by atoms with Crippen LogP contribution in [0.5, 0.6) is 5.75 Å². The first-order chi connectivity index (χ1) is 10.1. The number of methoxy groups -OCH3 is 1. The summed E-state index contributed by atoms with van der Waals surface area (Å²) in [5.41, 5.74) is 1.41. The van der Waals surface area contributed by atoms with Crippen molar-refractivity contribution >= 4 is 11.6 Å². The van der Waals surface area contributed by atoms with Gasteiger partial charge in [-0.15, -0.1) is 0 Å². The molecule has 0 aliphatic heterocycles. The number of aromatic nitrogens is 1. The highest BCUT2D eigenvalue weighted by Gasteiger charge is 2.06. The number of carbonyl (C=O) groups excluding carboxylic acids is 1. The zero-order chi connectivity index (χ0) is 15.2. The number of carbonyl (C=O) groups is 1. The molecule has 1 amide bonds. The minimum Gasteiger partial charge on any atom is -0.497 e. The molecular formula is C16H18N2O3. The van der Waals surface area contributed by atoms with Gasteiger partial charge in [0.1, 0.15) is 5.75 Å². The first-order valence-corrected chi connectivity index (χ1v) is 6.75. The average molecular weight is 286 g/mol. The van der Waals surface area contributed by atoms with Gasteiger partial charge in [-0.2, -0.15) is 0 Å². The van der Waals surface area contributed by atoms with E-state index in [9.17, 15) is 9.59 Å². The SMILES string of the molecule is CCn1cc(NC(=O)Cc2cccc(OC)c2)ccc1=O. The van der Waals surface area contributed by atoms with E-state index in [1.807, 2.05) is 31.2 Å². The Kier molecular flexibility index (Phi) is 4.77. The average Bonchev–Trinajstić information content (AvgIpc) is 2.49. The lowest BCUT2D eigenvalue weighted by Crippen LogP contribution is -2.20. The summed E-state index contributed by atoms with van der Waals surface area (Å²) >= 11 is 0. The van der Waals surface area contributed by atoms with Gasteiger partial charge in [0.05, 0.1) is 19.2 Å². The van der Waals surface area contributed by atoms with E-state index < -0.39 is 0 Å². The van der Waals surface area contributed by atoms with Gasteiger partial charge in [-0.25, -0.2) is 0 Å². The lowest BCUT2D eigenvalue weighted by atomic mass is 10.1. The Labute approximate surface area is 123 Å². The molecule has 0 aliphatic rings. The van der Waals surface area contributed by atoms with Crippen molar-refractivity contribution < 1.29 is 9.53 Å². The van der Waals surface area contributed by atoms with E-state index in [-0.39, 0.29) is 17.9 Å². The summed E-state index contributed by atoms with van der Waals surface area (Å²) in [6.07, 6.45) is 1.90. The third-order valence-electron chi connectivity index (χ3n) is 3.11. The van der Waals surface area contributed by atoms with E-state index in [0.717, 1.165) is 11.3 Å². The standard InChI is InChI=1S/C16H18N2O3/c1-3-18-11-13(7-8-16(18)20)17-15(19)10-12-5-4-6-14(9-12)21-2/h4-9,11H,3,10H2,1-2H3,(H,17,19). The lowest BCUT2D eigenvalue weighted by molar-refractivity contribution is -0.115. The number of hydrogen-bond acceptors (Lipinski definition) is 3. The van der Waals surface area contributed by atoms with Crippen LogP contribution in [0.1, 0.15) is 12.5 Å². The van der Waals surface area contributed by atoms with E-state index in [1.54, 1.807) is 23.9 Å². The fourth-order valence-corrected chi connectivity index (χ4v) is 2.03. The van der Waals surface area contributed by atoms with Crippen LogP contribution in [0.15, 0.2) is 47.4 Å². The normalized spacial score (nSPS) is 10.2. The molecule has 0 bridgehead atoms. The molecule has 21 heavy (non-hydrogen) atoms. The summed E-state index contributed by atoms with van der Waals surface area (Å²) < 4.78 is 6.67. The smallest absolute Gasteiger partial charge is 0.250 e. The van der Waals surface area contributed by atoms with Gasteiger partial charge < -0.3 is 14.6 Å². The van der Waals surface area contributed by atoms with Gasteiger partial charge in [0.15, 0.2) is 0 Å². The van der Waals surface area contributed by atoms with Gasteiger partial charge in [0, 0.05) is 18.8 Å². The summed E-state index contributed by atoms with van der Waals surface area (Å²) in [7, 11) is 1.59. The van der Waals surface area contributed by atoms with Gasteiger partial charge in [-0.05, 0) is 30.7 Å². The molecule has 0 aliphatic carbocycles. The number of pyridine rings is 1. The maximum Gasteiger partial charge on any atom is 0.250 e. The molecule has 0 saturated carbocycles.